The highest BCUT2D eigenvalue weighted by molar-refractivity contribution is 5.73. The number of carbonyl (C=O) groups excluding carboxylic acids is 1. The van der Waals surface area contributed by atoms with Gasteiger partial charge in [0.1, 0.15) is 0 Å². The predicted molar refractivity (Wildman–Crippen MR) is 99.5 cm³/mol. The summed E-state index contributed by atoms with van der Waals surface area (Å²) < 4.78 is 0. The van der Waals surface area contributed by atoms with Crippen LogP contribution in [0.15, 0.2) is 6.07 Å². The van der Waals surface area contributed by atoms with Crippen LogP contribution in [0.4, 0.5) is 5.95 Å². The second kappa shape index (κ2) is 8.13. The molecule has 2 fully saturated rings. The monoisotopic (exact) mass is 345 g/mol. The molecule has 2 aliphatic heterocycles. The number of amides is 1. The van der Waals surface area contributed by atoms with Crippen LogP contribution in [-0.2, 0) is 11.3 Å². The Bertz CT molecular complexity index is 599. The van der Waals surface area contributed by atoms with Gasteiger partial charge in [-0.1, -0.05) is 0 Å². The van der Waals surface area contributed by atoms with Crippen LogP contribution in [-0.4, -0.2) is 65.4 Å². The maximum atomic E-state index is 11.5. The molecule has 0 aromatic carbocycles. The molecule has 6 nitrogen and oxygen atoms in total. The van der Waals surface area contributed by atoms with Crippen LogP contribution in [0.5, 0.6) is 0 Å². The molecular formula is C19H31N5O. The minimum absolute atomic E-state index is 0.197. The average molecular weight is 345 g/mol. The Balaban J connectivity index is 1.58. The first-order chi connectivity index (χ1) is 12.0. The van der Waals surface area contributed by atoms with E-state index in [2.05, 4.69) is 34.8 Å². The normalized spacial score (nSPS) is 21.2. The zero-order valence-corrected chi connectivity index (χ0v) is 15.9. The average Bonchev–Trinajstić information content (AvgIpc) is 3.03. The van der Waals surface area contributed by atoms with E-state index in [9.17, 15) is 4.79 Å². The quantitative estimate of drug-likeness (QED) is 0.818. The summed E-state index contributed by atoms with van der Waals surface area (Å²) in [5.41, 5.74) is 2.14. The van der Waals surface area contributed by atoms with Crippen molar-refractivity contribution in [2.75, 3.05) is 44.7 Å². The molecule has 1 aromatic heterocycles. The Hall–Kier alpha value is -1.69. The van der Waals surface area contributed by atoms with Crippen molar-refractivity contribution in [2.24, 2.45) is 5.92 Å². The number of likely N-dealkylation sites (tertiary alicyclic amines) is 1. The van der Waals surface area contributed by atoms with Crippen molar-refractivity contribution in [3.8, 4) is 0 Å². The molecule has 6 heteroatoms. The number of piperidine rings is 1. The standard InChI is InChI=1S/C19H31N5O/c1-15-11-18(21-19(20-15)23-8-5-4-6-9-23)14-22(3)12-17-7-10-24(13-17)16(2)25/h11,17H,4-10,12-14H2,1-3H3/t17-/m1/s1. The second-order valence-corrected chi connectivity index (χ2v) is 7.66. The maximum absolute atomic E-state index is 11.5. The van der Waals surface area contributed by atoms with Crippen molar-refractivity contribution in [1.29, 1.82) is 0 Å². The lowest BCUT2D eigenvalue weighted by molar-refractivity contribution is -0.127. The van der Waals surface area contributed by atoms with Gasteiger partial charge in [-0.05, 0) is 51.6 Å². The molecule has 138 valence electrons. The number of carbonyl (C=O) groups is 1. The number of nitrogens with zero attached hydrogens (tertiary/aromatic N) is 5. The first kappa shape index (κ1) is 18.1. The number of anilines is 1. The van der Waals surface area contributed by atoms with Gasteiger partial charge in [-0.2, -0.15) is 0 Å². The molecule has 0 N–H and O–H groups in total. The minimum atomic E-state index is 0.197. The van der Waals surface area contributed by atoms with Gasteiger partial charge in [0.15, 0.2) is 0 Å². The predicted octanol–water partition coefficient (Wildman–Crippen LogP) is 2.08. The zero-order valence-electron chi connectivity index (χ0n) is 15.9. The molecule has 0 aliphatic carbocycles. The largest absolute Gasteiger partial charge is 0.343 e. The molecule has 25 heavy (non-hydrogen) atoms. The fourth-order valence-corrected chi connectivity index (χ4v) is 3.98. The topological polar surface area (TPSA) is 52.6 Å². The van der Waals surface area contributed by atoms with Gasteiger partial charge in [0.25, 0.3) is 0 Å². The smallest absolute Gasteiger partial charge is 0.225 e. The number of aryl methyl sites for hydroxylation is 1. The molecule has 1 aromatic rings. The van der Waals surface area contributed by atoms with E-state index in [0.717, 1.165) is 63.0 Å². The summed E-state index contributed by atoms with van der Waals surface area (Å²) in [7, 11) is 2.15. The maximum Gasteiger partial charge on any atom is 0.225 e. The fraction of sp³-hybridized carbons (Fsp3) is 0.737. The van der Waals surface area contributed by atoms with E-state index in [1.165, 1.54) is 19.3 Å². The summed E-state index contributed by atoms with van der Waals surface area (Å²) in [5.74, 6) is 1.66. The third kappa shape index (κ3) is 4.91. The van der Waals surface area contributed by atoms with Gasteiger partial charge in [-0.25, -0.2) is 9.97 Å². The van der Waals surface area contributed by atoms with Gasteiger partial charge in [0.2, 0.25) is 11.9 Å². The van der Waals surface area contributed by atoms with Crippen molar-refractivity contribution < 1.29 is 4.79 Å². The highest BCUT2D eigenvalue weighted by atomic mass is 16.2. The van der Waals surface area contributed by atoms with Gasteiger partial charge < -0.3 is 14.7 Å². The molecule has 1 amide bonds. The lowest BCUT2D eigenvalue weighted by Gasteiger charge is -2.27. The molecule has 0 radical (unpaired) electrons. The summed E-state index contributed by atoms with van der Waals surface area (Å²) in [4.78, 5) is 27.6. The number of hydrogen-bond donors (Lipinski definition) is 0. The highest BCUT2D eigenvalue weighted by Crippen LogP contribution is 2.19. The van der Waals surface area contributed by atoms with Crippen molar-refractivity contribution in [3.63, 3.8) is 0 Å². The zero-order chi connectivity index (χ0) is 17.8. The molecule has 0 spiro atoms. The van der Waals surface area contributed by atoms with Crippen molar-refractivity contribution in [2.45, 2.75) is 46.1 Å². The third-order valence-corrected chi connectivity index (χ3v) is 5.27. The molecule has 0 unspecified atom stereocenters. The highest BCUT2D eigenvalue weighted by Gasteiger charge is 2.25. The van der Waals surface area contributed by atoms with Gasteiger partial charge in [-0.3, -0.25) is 4.79 Å². The Morgan fingerprint density at radius 1 is 1.24 bits per heavy atom. The molecule has 2 aliphatic rings. The van der Waals surface area contributed by atoms with Gasteiger partial charge >= 0.3 is 0 Å². The van der Waals surface area contributed by atoms with Crippen LogP contribution in [0.2, 0.25) is 0 Å². The SMILES string of the molecule is CC(=O)N1CC[C@H](CN(C)Cc2cc(C)nc(N3CCCCC3)n2)C1. The number of rotatable bonds is 5. The Labute approximate surface area is 151 Å². The lowest BCUT2D eigenvalue weighted by atomic mass is 10.1. The number of hydrogen-bond acceptors (Lipinski definition) is 5. The van der Waals surface area contributed by atoms with Crippen molar-refractivity contribution >= 4 is 11.9 Å². The molecule has 3 rings (SSSR count). The molecule has 0 bridgehead atoms. The minimum Gasteiger partial charge on any atom is -0.343 e. The van der Waals surface area contributed by atoms with Gasteiger partial charge in [0.05, 0.1) is 5.69 Å². The summed E-state index contributed by atoms with van der Waals surface area (Å²) in [6.45, 7) is 9.50. The van der Waals surface area contributed by atoms with Gasteiger partial charge in [0, 0.05) is 51.9 Å². The third-order valence-electron chi connectivity index (χ3n) is 5.27. The summed E-state index contributed by atoms with van der Waals surface area (Å²) in [5, 5.41) is 0. The molecule has 3 heterocycles. The van der Waals surface area contributed by atoms with Crippen LogP contribution >= 0.6 is 0 Å². The van der Waals surface area contributed by atoms with Crippen LogP contribution < -0.4 is 4.90 Å². The molecular weight excluding hydrogens is 314 g/mol. The second-order valence-electron chi connectivity index (χ2n) is 7.66. The first-order valence-corrected chi connectivity index (χ1v) is 9.55. The van der Waals surface area contributed by atoms with Crippen molar-refractivity contribution in [1.82, 2.24) is 19.8 Å². The van der Waals surface area contributed by atoms with Gasteiger partial charge in [-0.15, -0.1) is 0 Å². The van der Waals surface area contributed by atoms with E-state index >= 15 is 0 Å². The van der Waals surface area contributed by atoms with Crippen LogP contribution in [0.3, 0.4) is 0 Å². The summed E-state index contributed by atoms with van der Waals surface area (Å²) in [6, 6.07) is 2.10. The van der Waals surface area contributed by atoms with E-state index in [-0.39, 0.29) is 5.91 Å². The van der Waals surface area contributed by atoms with Crippen LogP contribution in [0, 0.1) is 12.8 Å². The molecule has 0 saturated carbocycles. The first-order valence-electron chi connectivity index (χ1n) is 9.55. The summed E-state index contributed by atoms with van der Waals surface area (Å²) in [6.07, 6.45) is 4.89. The van der Waals surface area contributed by atoms with Crippen molar-refractivity contribution in [3.05, 3.63) is 17.5 Å². The molecule has 1 atom stereocenters. The van der Waals surface area contributed by atoms with Crippen LogP contribution in [0.25, 0.3) is 0 Å². The van der Waals surface area contributed by atoms with E-state index in [0.29, 0.717) is 5.92 Å². The Morgan fingerprint density at radius 3 is 2.68 bits per heavy atom. The molecule has 2 saturated heterocycles. The van der Waals surface area contributed by atoms with E-state index < -0.39 is 0 Å². The Morgan fingerprint density at radius 2 is 2.00 bits per heavy atom. The lowest BCUT2D eigenvalue weighted by Crippen LogP contribution is -2.32. The number of aromatic nitrogens is 2. The Kier molecular flexibility index (Phi) is 5.89. The van der Waals surface area contributed by atoms with E-state index in [1.54, 1.807) is 6.92 Å². The van der Waals surface area contributed by atoms with E-state index in [4.69, 9.17) is 4.98 Å². The van der Waals surface area contributed by atoms with E-state index in [1.807, 2.05) is 4.90 Å². The van der Waals surface area contributed by atoms with Crippen LogP contribution in [0.1, 0.15) is 44.0 Å². The summed E-state index contributed by atoms with van der Waals surface area (Å²) >= 11 is 0. The fourth-order valence-electron chi connectivity index (χ4n) is 3.98.